The van der Waals surface area contributed by atoms with E-state index in [2.05, 4.69) is 18.3 Å². The van der Waals surface area contributed by atoms with E-state index in [0.717, 1.165) is 48.0 Å². The molecule has 0 unspecified atom stereocenters. The molecule has 0 spiro atoms. The number of ether oxygens (including phenoxy) is 1. The van der Waals surface area contributed by atoms with Crippen LogP contribution in [0.15, 0.2) is 48.5 Å². The fraction of sp³-hybridized carbons (Fsp3) is 0.294. The van der Waals surface area contributed by atoms with Crippen LogP contribution >= 0.6 is 11.6 Å². The lowest BCUT2D eigenvalue weighted by Crippen LogP contribution is -2.03. The normalized spacial score (nSPS) is 10.3. The maximum absolute atomic E-state index is 5.99. The van der Waals surface area contributed by atoms with E-state index in [0.29, 0.717) is 0 Å². The monoisotopic (exact) mass is 289 g/mol. The van der Waals surface area contributed by atoms with Crippen LogP contribution in [0.2, 0.25) is 5.02 Å². The molecule has 2 aromatic rings. The van der Waals surface area contributed by atoms with Crippen molar-refractivity contribution in [3.05, 3.63) is 59.1 Å². The maximum Gasteiger partial charge on any atom is 0.142 e. The number of nitrogens with one attached hydrogen (secondary N) is 1. The average molecular weight is 290 g/mol. The molecule has 2 rings (SSSR count). The molecule has 20 heavy (non-hydrogen) atoms. The Morgan fingerprint density at radius 2 is 1.95 bits per heavy atom. The van der Waals surface area contributed by atoms with E-state index >= 15 is 0 Å². The lowest BCUT2D eigenvalue weighted by Gasteiger charge is -2.13. The van der Waals surface area contributed by atoms with E-state index in [-0.39, 0.29) is 0 Å². The second-order valence-corrected chi connectivity index (χ2v) is 5.12. The quantitative estimate of drug-likeness (QED) is 0.713. The molecule has 0 bridgehead atoms. The zero-order chi connectivity index (χ0) is 14.2. The molecule has 0 aliphatic carbocycles. The lowest BCUT2D eigenvalue weighted by molar-refractivity contribution is 0.310. The molecule has 0 amide bonds. The number of rotatable bonds is 7. The van der Waals surface area contributed by atoms with Gasteiger partial charge >= 0.3 is 0 Å². The molecule has 0 aromatic heterocycles. The average Bonchev–Trinajstić information content (AvgIpc) is 2.47. The number of benzene rings is 2. The van der Waals surface area contributed by atoms with Gasteiger partial charge in [-0.1, -0.05) is 49.2 Å². The fourth-order valence-electron chi connectivity index (χ4n) is 1.91. The van der Waals surface area contributed by atoms with Crippen molar-refractivity contribution in [1.82, 2.24) is 0 Å². The van der Waals surface area contributed by atoms with Gasteiger partial charge in [0, 0.05) is 11.6 Å². The van der Waals surface area contributed by atoms with Gasteiger partial charge in [0.15, 0.2) is 0 Å². The molecule has 0 fully saturated rings. The second kappa shape index (κ2) is 7.81. The van der Waals surface area contributed by atoms with E-state index in [1.165, 1.54) is 0 Å². The highest BCUT2D eigenvalue weighted by Gasteiger charge is 2.02. The Morgan fingerprint density at radius 1 is 1.10 bits per heavy atom. The molecule has 0 saturated carbocycles. The Morgan fingerprint density at radius 3 is 2.75 bits per heavy atom. The van der Waals surface area contributed by atoms with Crippen LogP contribution in [-0.4, -0.2) is 6.61 Å². The van der Waals surface area contributed by atoms with Gasteiger partial charge in [0.25, 0.3) is 0 Å². The van der Waals surface area contributed by atoms with Gasteiger partial charge in [-0.05, 0) is 36.2 Å². The van der Waals surface area contributed by atoms with Gasteiger partial charge in [0.05, 0.1) is 12.3 Å². The number of hydrogen-bond acceptors (Lipinski definition) is 2. The van der Waals surface area contributed by atoms with Crippen LogP contribution in [0.4, 0.5) is 5.69 Å². The minimum atomic E-state index is 0.731. The molecule has 2 aromatic carbocycles. The minimum absolute atomic E-state index is 0.731. The number of para-hydroxylation sites is 2. The second-order valence-electron chi connectivity index (χ2n) is 4.68. The number of anilines is 1. The summed E-state index contributed by atoms with van der Waals surface area (Å²) >= 11 is 5.99. The molecule has 106 valence electrons. The summed E-state index contributed by atoms with van der Waals surface area (Å²) in [5.74, 6) is 0.906. The van der Waals surface area contributed by atoms with Crippen molar-refractivity contribution in [3.63, 3.8) is 0 Å². The van der Waals surface area contributed by atoms with Crippen LogP contribution in [0.25, 0.3) is 0 Å². The predicted molar refractivity (Wildman–Crippen MR) is 85.6 cm³/mol. The van der Waals surface area contributed by atoms with Crippen LogP contribution in [0.1, 0.15) is 25.3 Å². The van der Waals surface area contributed by atoms with Crippen molar-refractivity contribution in [1.29, 1.82) is 0 Å². The first-order chi connectivity index (χ1) is 9.79. The summed E-state index contributed by atoms with van der Waals surface area (Å²) in [6, 6.07) is 15.9. The van der Waals surface area contributed by atoms with Gasteiger partial charge in [-0.15, -0.1) is 0 Å². The Kier molecular flexibility index (Phi) is 5.75. The van der Waals surface area contributed by atoms with Gasteiger partial charge in [0.2, 0.25) is 0 Å². The SMILES string of the molecule is CCCCOc1ccccc1NCc1cccc(Cl)c1. The van der Waals surface area contributed by atoms with E-state index in [1.54, 1.807) is 0 Å². The van der Waals surface area contributed by atoms with Crippen molar-refractivity contribution in [2.24, 2.45) is 0 Å². The third-order valence-electron chi connectivity index (χ3n) is 3.01. The standard InChI is InChI=1S/C17H20ClNO/c1-2-3-11-20-17-10-5-4-9-16(17)19-13-14-7-6-8-15(18)12-14/h4-10,12,19H,2-3,11,13H2,1H3. The van der Waals surface area contributed by atoms with Crippen LogP contribution in [0.5, 0.6) is 5.75 Å². The van der Waals surface area contributed by atoms with E-state index in [9.17, 15) is 0 Å². The first kappa shape index (κ1) is 14.7. The largest absolute Gasteiger partial charge is 0.491 e. The Balaban J connectivity index is 1.98. The third-order valence-corrected chi connectivity index (χ3v) is 3.25. The molecule has 0 aliphatic rings. The van der Waals surface area contributed by atoms with Crippen LogP contribution in [0, 0.1) is 0 Å². The summed E-state index contributed by atoms with van der Waals surface area (Å²) in [6.45, 7) is 3.65. The smallest absolute Gasteiger partial charge is 0.142 e. The minimum Gasteiger partial charge on any atom is -0.491 e. The summed E-state index contributed by atoms with van der Waals surface area (Å²) in [5.41, 5.74) is 2.17. The maximum atomic E-state index is 5.99. The van der Waals surface area contributed by atoms with Crippen molar-refractivity contribution < 1.29 is 4.74 Å². The van der Waals surface area contributed by atoms with Gasteiger partial charge in [-0.25, -0.2) is 0 Å². The van der Waals surface area contributed by atoms with E-state index < -0.39 is 0 Å². The molecular weight excluding hydrogens is 270 g/mol. The van der Waals surface area contributed by atoms with Gasteiger partial charge in [-0.3, -0.25) is 0 Å². The topological polar surface area (TPSA) is 21.3 Å². The molecular formula is C17H20ClNO. The predicted octanol–water partition coefficient (Wildman–Crippen LogP) is 5.13. The Hall–Kier alpha value is -1.67. The summed E-state index contributed by atoms with van der Waals surface area (Å²) in [5, 5.41) is 4.16. The van der Waals surface area contributed by atoms with Crippen molar-refractivity contribution in [2.45, 2.75) is 26.3 Å². The Bertz CT molecular complexity index is 542. The van der Waals surface area contributed by atoms with Crippen LogP contribution in [0.3, 0.4) is 0 Å². The number of halogens is 1. The first-order valence-corrected chi connectivity index (χ1v) is 7.37. The van der Waals surface area contributed by atoms with E-state index in [4.69, 9.17) is 16.3 Å². The molecule has 0 saturated heterocycles. The zero-order valence-electron chi connectivity index (χ0n) is 11.7. The van der Waals surface area contributed by atoms with Crippen LogP contribution in [-0.2, 0) is 6.54 Å². The lowest BCUT2D eigenvalue weighted by atomic mass is 10.2. The molecule has 0 heterocycles. The van der Waals surface area contributed by atoms with Crippen LogP contribution < -0.4 is 10.1 Å². The highest BCUT2D eigenvalue weighted by molar-refractivity contribution is 6.30. The van der Waals surface area contributed by atoms with Crippen molar-refractivity contribution >= 4 is 17.3 Å². The molecule has 0 radical (unpaired) electrons. The summed E-state index contributed by atoms with van der Waals surface area (Å²) < 4.78 is 5.80. The molecule has 3 heteroatoms. The molecule has 0 aliphatic heterocycles. The Labute approximate surface area is 125 Å². The van der Waals surface area contributed by atoms with E-state index in [1.807, 2.05) is 42.5 Å². The summed E-state index contributed by atoms with van der Waals surface area (Å²) in [6.07, 6.45) is 2.21. The molecule has 0 atom stereocenters. The van der Waals surface area contributed by atoms with Gasteiger partial charge < -0.3 is 10.1 Å². The molecule has 2 nitrogen and oxygen atoms in total. The zero-order valence-corrected chi connectivity index (χ0v) is 12.5. The third kappa shape index (κ3) is 4.46. The summed E-state index contributed by atoms with van der Waals surface area (Å²) in [7, 11) is 0. The highest BCUT2D eigenvalue weighted by Crippen LogP contribution is 2.24. The number of unbranched alkanes of at least 4 members (excludes halogenated alkanes) is 1. The fourth-order valence-corrected chi connectivity index (χ4v) is 2.12. The van der Waals surface area contributed by atoms with Crippen molar-refractivity contribution in [2.75, 3.05) is 11.9 Å². The first-order valence-electron chi connectivity index (χ1n) is 6.99. The van der Waals surface area contributed by atoms with Crippen molar-refractivity contribution in [3.8, 4) is 5.75 Å². The molecule has 1 N–H and O–H groups in total. The highest BCUT2D eigenvalue weighted by atomic mass is 35.5. The van der Waals surface area contributed by atoms with Gasteiger partial charge in [0.1, 0.15) is 5.75 Å². The number of hydrogen-bond donors (Lipinski definition) is 1. The summed E-state index contributed by atoms with van der Waals surface area (Å²) in [4.78, 5) is 0. The van der Waals surface area contributed by atoms with Gasteiger partial charge in [-0.2, -0.15) is 0 Å².